The van der Waals surface area contributed by atoms with Gasteiger partial charge in [0.1, 0.15) is 0 Å². The van der Waals surface area contributed by atoms with Crippen LogP contribution in [0.2, 0.25) is 0 Å². The summed E-state index contributed by atoms with van der Waals surface area (Å²) in [5.41, 5.74) is 0. The fraction of sp³-hybridized carbons (Fsp3) is 0.917. The van der Waals surface area contributed by atoms with Crippen molar-refractivity contribution >= 4 is 5.97 Å². The average Bonchev–Trinajstić information content (AvgIpc) is 2.24. The zero-order valence-corrected chi connectivity index (χ0v) is 10.7. The maximum absolute atomic E-state index is 11.0. The molecule has 0 aliphatic carbocycles. The highest BCUT2D eigenvalue weighted by Crippen LogP contribution is 2.03. The summed E-state index contributed by atoms with van der Waals surface area (Å²) in [5, 5.41) is 0. The van der Waals surface area contributed by atoms with E-state index < -0.39 is 0 Å². The Balaban J connectivity index is 3.18. The minimum Gasteiger partial charge on any atom is -0.466 e. The van der Waals surface area contributed by atoms with E-state index in [1.165, 1.54) is 0 Å². The summed E-state index contributed by atoms with van der Waals surface area (Å²) in [6, 6.07) is 0. The predicted molar refractivity (Wildman–Crippen MR) is 62.4 cm³/mol. The lowest BCUT2D eigenvalue weighted by Gasteiger charge is -2.11. The predicted octanol–water partition coefficient (Wildman–Crippen LogP) is 2.16. The number of hydrogen-bond acceptors (Lipinski definition) is 4. The first-order valence-electron chi connectivity index (χ1n) is 5.96. The van der Waals surface area contributed by atoms with Gasteiger partial charge in [-0.2, -0.15) is 0 Å². The van der Waals surface area contributed by atoms with Gasteiger partial charge < -0.3 is 14.2 Å². The highest BCUT2D eigenvalue weighted by molar-refractivity contribution is 5.69. The molecule has 0 spiro atoms. The van der Waals surface area contributed by atoms with Gasteiger partial charge in [0.25, 0.3) is 0 Å². The van der Waals surface area contributed by atoms with Crippen LogP contribution >= 0.6 is 0 Å². The normalized spacial score (nSPS) is 12.4. The van der Waals surface area contributed by atoms with Crippen LogP contribution < -0.4 is 0 Å². The number of carbonyl (C=O) groups excluding carboxylic acids is 1. The molecule has 0 aliphatic heterocycles. The largest absolute Gasteiger partial charge is 0.466 e. The van der Waals surface area contributed by atoms with Gasteiger partial charge >= 0.3 is 5.97 Å². The van der Waals surface area contributed by atoms with Gasteiger partial charge in [0, 0.05) is 20.1 Å². The van der Waals surface area contributed by atoms with E-state index in [1.807, 2.05) is 13.8 Å². The van der Waals surface area contributed by atoms with E-state index in [0.29, 0.717) is 19.6 Å². The van der Waals surface area contributed by atoms with Gasteiger partial charge in [-0.05, 0) is 26.7 Å². The van der Waals surface area contributed by atoms with Crippen LogP contribution in [0.25, 0.3) is 0 Å². The van der Waals surface area contributed by atoms with Crippen LogP contribution in [0.15, 0.2) is 0 Å². The Morgan fingerprint density at radius 1 is 1.25 bits per heavy atom. The first-order valence-corrected chi connectivity index (χ1v) is 5.96. The van der Waals surface area contributed by atoms with Crippen LogP contribution in [0.1, 0.15) is 39.5 Å². The number of unbranched alkanes of at least 4 members (excludes halogenated alkanes) is 2. The Bertz CT molecular complexity index is 170. The van der Waals surface area contributed by atoms with E-state index in [9.17, 15) is 4.79 Å². The van der Waals surface area contributed by atoms with E-state index in [-0.39, 0.29) is 12.1 Å². The first-order chi connectivity index (χ1) is 7.70. The Morgan fingerprint density at radius 2 is 2.00 bits per heavy atom. The van der Waals surface area contributed by atoms with E-state index in [0.717, 1.165) is 25.9 Å². The molecule has 0 amide bonds. The highest BCUT2D eigenvalue weighted by atomic mass is 16.5. The number of carbonyl (C=O) groups is 1. The van der Waals surface area contributed by atoms with Crippen molar-refractivity contribution in [1.82, 2.24) is 0 Å². The van der Waals surface area contributed by atoms with Crippen LogP contribution in [-0.2, 0) is 19.0 Å². The fourth-order valence-electron chi connectivity index (χ4n) is 1.35. The second-order valence-electron chi connectivity index (χ2n) is 3.75. The molecule has 0 N–H and O–H groups in total. The fourth-order valence-corrected chi connectivity index (χ4v) is 1.35. The van der Waals surface area contributed by atoms with Gasteiger partial charge in [-0.3, -0.25) is 4.79 Å². The van der Waals surface area contributed by atoms with Crippen LogP contribution in [0.3, 0.4) is 0 Å². The molecule has 1 atom stereocenters. The van der Waals surface area contributed by atoms with E-state index in [4.69, 9.17) is 14.2 Å². The Morgan fingerprint density at radius 3 is 2.62 bits per heavy atom. The van der Waals surface area contributed by atoms with Crippen molar-refractivity contribution in [3.05, 3.63) is 0 Å². The molecule has 0 heterocycles. The maximum atomic E-state index is 11.0. The maximum Gasteiger partial charge on any atom is 0.305 e. The molecular weight excluding hydrogens is 208 g/mol. The SMILES string of the molecule is CCOC(=O)CCCCCOC(C)COC. The van der Waals surface area contributed by atoms with Crippen molar-refractivity contribution in [2.24, 2.45) is 0 Å². The van der Waals surface area contributed by atoms with Crippen molar-refractivity contribution < 1.29 is 19.0 Å². The number of methoxy groups -OCH3 is 1. The lowest BCUT2D eigenvalue weighted by atomic mass is 10.2. The van der Waals surface area contributed by atoms with Crippen LogP contribution in [0.5, 0.6) is 0 Å². The smallest absolute Gasteiger partial charge is 0.305 e. The summed E-state index contributed by atoms with van der Waals surface area (Å²) in [7, 11) is 1.67. The molecule has 0 rings (SSSR count). The van der Waals surface area contributed by atoms with Gasteiger partial charge in [0.05, 0.1) is 19.3 Å². The van der Waals surface area contributed by atoms with Crippen molar-refractivity contribution in [3.63, 3.8) is 0 Å². The van der Waals surface area contributed by atoms with Crippen molar-refractivity contribution in [1.29, 1.82) is 0 Å². The Labute approximate surface area is 98.3 Å². The quantitative estimate of drug-likeness (QED) is 0.428. The molecule has 4 heteroatoms. The van der Waals surface area contributed by atoms with Gasteiger partial charge in [-0.15, -0.1) is 0 Å². The topological polar surface area (TPSA) is 44.8 Å². The molecule has 96 valence electrons. The third-order valence-corrected chi connectivity index (χ3v) is 2.13. The third-order valence-electron chi connectivity index (χ3n) is 2.13. The van der Waals surface area contributed by atoms with Gasteiger partial charge in [-0.25, -0.2) is 0 Å². The van der Waals surface area contributed by atoms with Gasteiger partial charge in [0.15, 0.2) is 0 Å². The monoisotopic (exact) mass is 232 g/mol. The third kappa shape index (κ3) is 9.93. The molecule has 0 fully saturated rings. The van der Waals surface area contributed by atoms with Gasteiger partial charge in [-0.1, -0.05) is 6.42 Å². The summed E-state index contributed by atoms with van der Waals surface area (Å²) >= 11 is 0. The summed E-state index contributed by atoms with van der Waals surface area (Å²) in [5.74, 6) is -0.101. The summed E-state index contributed by atoms with van der Waals surface area (Å²) in [6.45, 7) is 5.64. The lowest BCUT2D eigenvalue weighted by molar-refractivity contribution is -0.143. The number of ether oxygens (including phenoxy) is 3. The molecular formula is C12H24O4. The zero-order chi connectivity index (χ0) is 12.2. The number of hydrogen-bond donors (Lipinski definition) is 0. The Hall–Kier alpha value is -0.610. The van der Waals surface area contributed by atoms with Gasteiger partial charge in [0.2, 0.25) is 0 Å². The highest BCUT2D eigenvalue weighted by Gasteiger charge is 2.02. The van der Waals surface area contributed by atoms with Crippen LogP contribution in [-0.4, -0.2) is 39.0 Å². The standard InChI is InChI=1S/C12H24O4/c1-4-15-12(13)8-6-5-7-9-16-11(2)10-14-3/h11H,4-10H2,1-3H3. The Kier molecular flexibility index (Phi) is 10.5. The minimum absolute atomic E-state index is 0.101. The molecule has 0 aromatic rings. The first kappa shape index (κ1) is 15.4. The van der Waals surface area contributed by atoms with E-state index in [1.54, 1.807) is 7.11 Å². The van der Waals surface area contributed by atoms with Crippen molar-refractivity contribution in [2.45, 2.75) is 45.6 Å². The van der Waals surface area contributed by atoms with E-state index >= 15 is 0 Å². The minimum atomic E-state index is -0.101. The molecule has 0 saturated carbocycles. The molecule has 1 unspecified atom stereocenters. The molecule has 0 aromatic heterocycles. The second kappa shape index (κ2) is 10.9. The van der Waals surface area contributed by atoms with Crippen LogP contribution in [0, 0.1) is 0 Å². The average molecular weight is 232 g/mol. The summed E-state index contributed by atoms with van der Waals surface area (Å²) < 4.78 is 15.3. The van der Waals surface area contributed by atoms with Crippen LogP contribution in [0.4, 0.5) is 0 Å². The van der Waals surface area contributed by atoms with Crippen molar-refractivity contribution in [3.8, 4) is 0 Å². The van der Waals surface area contributed by atoms with E-state index in [2.05, 4.69) is 0 Å². The summed E-state index contributed by atoms with van der Waals surface area (Å²) in [6.07, 6.45) is 3.52. The molecule has 4 nitrogen and oxygen atoms in total. The molecule has 0 saturated heterocycles. The second-order valence-corrected chi connectivity index (χ2v) is 3.75. The molecule has 0 aliphatic rings. The lowest BCUT2D eigenvalue weighted by Crippen LogP contribution is -2.15. The van der Waals surface area contributed by atoms with Crippen molar-refractivity contribution in [2.75, 3.05) is 26.9 Å². The summed E-state index contributed by atoms with van der Waals surface area (Å²) in [4.78, 5) is 11.0. The number of esters is 1. The molecule has 0 radical (unpaired) electrons. The zero-order valence-electron chi connectivity index (χ0n) is 10.7. The number of rotatable bonds is 10. The molecule has 0 aromatic carbocycles. The molecule has 0 bridgehead atoms. The molecule has 16 heavy (non-hydrogen) atoms.